The molecule has 1 fully saturated rings. The van der Waals surface area contributed by atoms with E-state index in [1.54, 1.807) is 6.26 Å². The number of aromatic nitrogens is 2. The Bertz CT molecular complexity index is 712. The summed E-state index contributed by atoms with van der Waals surface area (Å²) in [4.78, 5) is 21.1. The lowest BCUT2D eigenvalue weighted by molar-refractivity contribution is 0.0451. The summed E-state index contributed by atoms with van der Waals surface area (Å²) in [5.41, 5.74) is 0.121. The van der Waals surface area contributed by atoms with E-state index in [4.69, 9.17) is 20.8 Å². The molecule has 128 valence electrons. The predicted octanol–water partition coefficient (Wildman–Crippen LogP) is 4.03. The van der Waals surface area contributed by atoms with Gasteiger partial charge < -0.3 is 14.5 Å². The first-order chi connectivity index (χ1) is 11.5. The summed E-state index contributed by atoms with van der Waals surface area (Å²) in [5, 5.41) is 3.29. The molecule has 0 unspecified atom stereocenters. The first kappa shape index (κ1) is 16.8. The lowest BCUT2D eigenvalue weighted by Gasteiger charge is -2.12. The molecule has 2 heterocycles. The van der Waals surface area contributed by atoms with Gasteiger partial charge in [-0.05, 0) is 30.9 Å². The van der Waals surface area contributed by atoms with Gasteiger partial charge in [0.15, 0.2) is 5.69 Å². The van der Waals surface area contributed by atoms with Gasteiger partial charge in [-0.25, -0.2) is 14.8 Å². The van der Waals surface area contributed by atoms with Crippen LogP contribution in [-0.2, 0) is 11.3 Å². The average molecular weight is 350 g/mol. The molecule has 2 aromatic heterocycles. The van der Waals surface area contributed by atoms with Gasteiger partial charge in [-0.2, -0.15) is 0 Å². The van der Waals surface area contributed by atoms with Crippen LogP contribution >= 0.6 is 11.6 Å². The largest absolute Gasteiger partial charge is 0.467 e. The van der Waals surface area contributed by atoms with Crippen LogP contribution in [-0.4, -0.2) is 22.5 Å². The number of hydrogen-bond acceptors (Lipinski definition) is 6. The molecule has 1 aliphatic carbocycles. The van der Waals surface area contributed by atoms with Crippen molar-refractivity contribution < 1.29 is 13.9 Å². The number of hydrogen-bond donors (Lipinski definition) is 1. The molecular weight excluding hydrogens is 330 g/mol. The van der Waals surface area contributed by atoms with E-state index in [0.717, 1.165) is 18.6 Å². The minimum absolute atomic E-state index is 0.121. The number of anilines is 1. The number of halogens is 1. The number of furan rings is 1. The van der Waals surface area contributed by atoms with Crippen molar-refractivity contribution >= 4 is 23.4 Å². The van der Waals surface area contributed by atoms with E-state index < -0.39 is 5.97 Å². The Hall–Kier alpha value is -2.08. The van der Waals surface area contributed by atoms with E-state index in [1.807, 2.05) is 26.0 Å². The van der Waals surface area contributed by atoms with Gasteiger partial charge in [0.1, 0.15) is 22.4 Å². The normalized spacial score (nSPS) is 14.0. The summed E-state index contributed by atoms with van der Waals surface area (Å²) >= 11 is 6.34. The van der Waals surface area contributed by atoms with E-state index in [2.05, 4.69) is 15.3 Å². The quantitative estimate of drug-likeness (QED) is 0.760. The Morgan fingerprint density at radius 2 is 2.25 bits per heavy atom. The zero-order valence-corrected chi connectivity index (χ0v) is 14.5. The summed E-state index contributed by atoms with van der Waals surface area (Å²) in [6, 6.07) is 3.66. The van der Waals surface area contributed by atoms with Gasteiger partial charge in [0.25, 0.3) is 0 Å². The summed E-state index contributed by atoms with van der Waals surface area (Å²) in [7, 11) is 0. The summed E-state index contributed by atoms with van der Waals surface area (Å²) < 4.78 is 10.6. The minimum Gasteiger partial charge on any atom is -0.467 e. The molecule has 1 aliphatic rings. The van der Waals surface area contributed by atoms with Crippen molar-refractivity contribution in [3.63, 3.8) is 0 Å². The van der Waals surface area contributed by atoms with E-state index in [0.29, 0.717) is 30.7 Å². The monoisotopic (exact) mass is 349 g/mol. The van der Waals surface area contributed by atoms with Crippen LogP contribution in [0.15, 0.2) is 22.8 Å². The Morgan fingerprint density at radius 1 is 1.46 bits per heavy atom. The number of ether oxygens (including phenoxy) is 1. The average Bonchev–Trinajstić information content (AvgIpc) is 3.28. The van der Waals surface area contributed by atoms with Crippen LogP contribution in [0.3, 0.4) is 0 Å². The van der Waals surface area contributed by atoms with Gasteiger partial charge in [0, 0.05) is 5.92 Å². The second-order valence-electron chi connectivity index (χ2n) is 6.29. The molecule has 3 rings (SSSR count). The zero-order valence-electron chi connectivity index (χ0n) is 13.7. The van der Waals surface area contributed by atoms with E-state index in [9.17, 15) is 4.79 Å². The fraction of sp³-hybridized carbons (Fsp3) is 0.471. The molecule has 0 spiro atoms. The molecule has 0 saturated heterocycles. The third-order valence-corrected chi connectivity index (χ3v) is 3.92. The second kappa shape index (κ2) is 7.21. The Labute approximate surface area is 145 Å². The highest BCUT2D eigenvalue weighted by Gasteiger charge is 2.30. The third kappa shape index (κ3) is 4.06. The van der Waals surface area contributed by atoms with Crippen molar-refractivity contribution in [2.45, 2.75) is 39.2 Å². The molecule has 1 saturated carbocycles. The smallest absolute Gasteiger partial charge is 0.358 e. The molecule has 0 aliphatic heterocycles. The van der Waals surface area contributed by atoms with Crippen molar-refractivity contribution in [1.82, 2.24) is 9.97 Å². The molecule has 7 heteroatoms. The Balaban J connectivity index is 1.82. The first-order valence-corrected chi connectivity index (χ1v) is 8.43. The highest BCUT2D eigenvalue weighted by Crippen LogP contribution is 2.39. The van der Waals surface area contributed by atoms with Gasteiger partial charge in [-0.15, -0.1) is 0 Å². The SMILES string of the molecule is CC(C)COC(=O)c1nc(C2CC2)nc(NCc2ccco2)c1Cl. The van der Waals surface area contributed by atoms with Crippen molar-refractivity contribution in [3.8, 4) is 0 Å². The van der Waals surface area contributed by atoms with E-state index >= 15 is 0 Å². The summed E-state index contributed by atoms with van der Waals surface area (Å²) in [5.74, 6) is 1.84. The number of nitrogens with one attached hydrogen (secondary N) is 1. The highest BCUT2D eigenvalue weighted by atomic mass is 35.5. The lowest BCUT2D eigenvalue weighted by atomic mass is 10.2. The van der Waals surface area contributed by atoms with E-state index in [1.165, 1.54) is 0 Å². The fourth-order valence-corrected chi connectivity index (χ4v) is 2.36. The van der Waals surface area contributed by atoms with Gasteiger partial charge in [0.05, 0.1) is 19.4 Å². The lowest BCUT2D eigenvalue weighted by Crippen LogP contribution is -2.15. The maximum Gasteiger partial charge on any atom is 0.358 e. The first-order valence-electron chi connectivity index (χ1n) is 8.05. The maximum atomic E-state index is 12.3. The van der Waals surface area contributed by atoms with Crippen LogP contribution in [0.25, 0.3) is 0 Å². The van der Waals surface area contributed by atoms with Crippen LogP contribution in [0.1, 0.15) is 54.7 Å². The molecule has 0 radical (unpaired) electrons. The molecule has 24 heavy (non-hydrogen) atoms. The molecule has 0 bridgehead atoms. The summed E-state index contributed by atoms with van der Waals surface area (Å²) in [6.07, 6.45) is 3.66. The van der Waals surface area contributed by atoms with Gasteiger partial charge in [0.2, 0.25) is 0 Å². The van der Waals surface area contributed by atoms with Crippen molar-refractivity contribution in [2.75, 3.05) is 11.9 Å². The van der Waals surface area contributed by atoms with Gasteiger partial charge in [-0.1, -0.05) is 25.4 Å². The van der Waals surface area contributed by atoms with Crippen LogP contribution in [0.5, 0.6) is 0 Å². The number of esters is 1. The molecule has 1 N–H and O–H groups in total. The van der Waals surface area contributed by atoms with Crippen molar-refractivity contribution in [2.24, 2.45) is 5.92 Å². The van der Waals surface area contributed by atoms with Crippen LogP contribution in [0.2, 0.25) is 5.02 Å². The highest BCUT2D eigenvalue weighted by molar-refractivity contribution is 6.35. The Kier molecular flexibility index (Phi) is 5.04. The maximum absolute atomic E-state index is 12.3. The molecular formula is C17H20ClN3O3. The molecule has 0 aromatic carbocycles. The predicted molar refractivity (Wildman–Crippen MR) is 90.2 cm³/mol. The molecule has 6 nitrogen and oxygen atoms in total. The summed E-state index contributed by atoms with van der Waals surface area (Å²) in [6.45, 7) is 4.70. The molecule has 2 aromatic rings. The second-order valence-corrected chi connectivity index (χ2v) is 6.67. The van der Waals surface area contributed by atoms with Crippen LogP contribution < -0.4 is 5.32 Å². The zero-order chi connectivity index (χ0) is 17.1. The van der Waals surface area contributed by atoms with Crippen LogP contribution in [0.4, 0.5) is 5.82 Å². The third-order valence-electron chi connectivity index (χ3n) is 3.56. The standard InChI is InChI=1S/C17H20ClN3O3/c1-10(2)9-24-17(22)14-13(18)16(19-8-12-4-3-7-23-12)21-15(20-14)11-5-6-11/h3-4,7,10-11H,5-6,8-9H2,1-2H3,(H,19,20,21). The number of rotatable bonds is 7. The number of carbonyl (C=O) groups excluding carboxylic acids is 1. The van der Waals surface area contributed by atoms with Gasteiger partial charge in [-0.3, -0.25) is 0 Å². The minimum atomic E-state index is -0.515. The van der Waals surface area contributed by atoms with Crippen molar-refractivity contribution in [1.29, 1.82) is 0 Å². The molecule has 0 amide bonds. The molecule has 0 atom stereocenters. The van der Waals surface area contributed by atoms with E-state index in [-0.39, 0.29) is 16.6 Å². The van der Waals surface area contributed by atoms with Crippen molar-refractivity contribution in [3.05, 3.63) is 40.7 Å². The number of carbonyl (C=O) groups is 1. The Morgan fingerprint density at radius 3 is 2.88 bits per heavy atom. The topological polar surface area (TPSA) is 77.2 Å². The number of nitrogens with zero attached hydrogens (tertiary/aromatic N) is 2. The van der Waals surface area contributed by atoms with Crippen LogP contribution in [0, 0.1) is 5.92 Å². The fourth-order valence-electron chi connectivity index (χ4n) is 2.14. The van der Waals surface area contributed by atoms with Gasteiger partial charge >= 0.3 is 5.97 Å².